The summed E-state index contributed by atoms with van der Waals surface area (Å²) in [6.07, 6.45) is 1.43. The topological polar surface area (TPSA) is 99.1 Å². The zero-order valence-corrected chi connectivity index (χ0v) is 15.0. The summed E-state index contributed by atoms with van der Waals surface area (Å²) in [5.41, 5.74) is 3.81. The molecule has 26 heavy (non-hydrogen) atoms. The Kier molecular flexibility index (Phi) is 4.52. The largest absolute Gasteiger partial charge is 0.505 e. The number of aliphatic hydroxyl groups excluding tert-OH is 1. The summed E-state index contributed by atoms with van der Waals surface area (Å²) in [5.74, 6) is -1.24. The van der Waals surface area contributed by atoms with Crippen molar-refractivity contribution in [2.45, 2.75) is 11.8 Å². The molecule has 1 aliphatic heterocycles. The number of carbonyl (C=O) groups is 1. The quantitative estimate of drug-likeness (QED) is 0.637. The van der Waals surface area contributed by atoms with Crippen molar-refractivity contribution in [3.8, 4) is 0 Å². The van der Waals surface area contributed by atoms with Crippen molar-refractivity contribution >= 4 is 27.9 Å². The molecule has 1 aliphatic rings. The molecule has 2 N–H and O–H groups in total. The predicted molar refractivity (Wildman–Crippen MR) is 97.9 cm³/mol. The first-order chi connectivity index (χ1) is 12.3. The third kappa shape index (κ3) is 3.06. The third-order valence-electron chi connectivity index (χ3n) is 3.99. The van der Waals surface area contributed by atoms with Crippen molar-refractivity contribution in [2.75, 3.05) is 7.05 Å². The highest BCUT2D eigenvalue weighted by Gasteiger charge is 2.37. The number of aliphatic hydroxyl groups is 1. The van der Waals surface area contributed by atoms with Crippen molar-refractivity contribution in [3.05, 3.63) is 70.9 Å². The Morgan fingerprint density at radius 2 is 1.81 bits per heavy atom. The summed E-state index contributed by atoms with van der Waals surface area (Å²) in [6, 6.07) is 13.4. The summed E-state index contributed by atoms with van der Waals surface area (Å²) >= 11 is 0. The Labute approximate surface area is 151 Å². The van der Waals surface area contributed by atoms with Crippen LogP contribution in [0.15, 0.2) is 64.2 Å². The lowest BCUT2D eigenvalue weighted by molar-refractivity contribution is -0.118. The van der Waals surface area contributed by atoms with Crippen LogP contribution in [0.3, 0.4) is 0 Å². The first-order valence-electron chi connectivity index (χ1n) is 7.74. The second-order valence-corrected chi connectivity index (χ2v) is 7.71. The highest BCUT2D eigenvalue weighted by Crippen LogP contribution is 2.34. The minimum absolute atomic E-state index is 0.0558. The molecule has 0 saturated carbocycles. The van der Waals surface area contributed by atoms with Crippen LogP contribution in [0.25, 0.3) is 5.76 Å². The van der Waals surface area contributed by atoms with Gasteiger partial charge in [-0.25, -0.2) is 13.8 Å². The van der Waals surface area contributed by atoms with Crippen LogP contribution in [0.4, 0.5) is 0 Å². The first-order valence-corrected chi connectivity index (χ1v) is 9.18. The van der Waals surface area contributed by atoms with Crippen LogP contribution >= 0.6 is 0 Å². The van der Waals surface area contributed by atoms with Crippen LogP contribution in [0.2, 0.25) is 0 Å². The summed E-state index contributed by atoms with van der Waals surface area (Å²) in [5, 5.41) is 14.2. The van der Waals surface area contributed by atoms with Crippen LogP contribution in [0.1, 0.15) is 16.7 Å². The molecule has 134 valence electrons. The number of benzene rings is 2. The minimum atomic E-state index is -3.93. The van der Waals surface area contributed by atoms with E-state index >= 15 is 0 Å². The van der Waals surface area contributed by atoms with Crippen molar-refractivity contribution in [1.82, 2.24) is 9.73 Å². The number of fused-ring (bicyclic) bond motifs is 1. The van der Waals surface area contributed by atoms with E-state index < -0.39 is 21.7 Å². The number of nitrogens with zero attached hydrogens (tertiary/aromatic N) is 2. The number of hydrazone groups is 1. The maximum Gasteiger partial charge on any atom is 0.292 e. The van der Waals surface area contributed by atoms with Gasteiger partial charge in [-0.2, -0.15) is 5.10 Å². The van der Waals surface area contributed by atoms with E-state index in [4.69, 9.17) is 0 Å². The van der Waals surface area contributed by atoms with Gasteiger partial charge in [-0.15, -0.1) is 0 Å². The van der Waals surface area contributed by atoms with E-state index in [1.807, 2.05) is 31.2 Å². The molecule has 0 bridgehead atoms. The average Bonchev–Trinajstić information content (AvgIpc) is 2.62. The molecular weight excluding hydrogens is 354 g/mol. The average molecular weight is 371 g/mol. The number of likely N-dealkylation sites (N-methyl/N-ethyl adjacent to an activating group) is 1. The maximum absolute atomic E-state index is 12.6. The normalized spacial score (nSPS) is 15.8. The highest BCUT2D eigenvalue weighted by molar-refractivity contribution is 7.89. The molecular formula is C18H17N3O4S. The zero-order chi connectivity index (χ0) is 18.9. The lowest BCUT2D eigenvalue weighted by Gasteiger charge is -2.27. The van der Waals surface area contributed by atoms with E-state index in [-0.39, 0.29) is 16.2 Å². The number of hydrogen-bond donors (Lipinski definition) is 2. The number of hydrogen-bond acceptors (Lipinski definition) is 5. The van der Waals surface area contributed by atoms with E-state index in [9.17, 15) is 18.3 Å². The van der Waals surface area contributed by atoms with Crippen LogP contribution < -0.4 is 5.43 Å². The summed E-state index contributed by atoms with van der Waals surface area (Å²) in [6.45, 7) is 1.95. The number of carbonyl (C=O) groups excluding carboxylic acids is 1. The molecule has 3 rings (SSSR count). The van der Waals surface area contributed by atoms with Gasteiger partial charge in [0.2, 0.25) is 0 Å². The molecule has 1 heterocycles. The van der Waals surface area contributed by atoms with Crippen LogP contribution in [-0.2, 0) is 14.8 Å². The van der Waals surface area contributed by atoms with Gasteiger partial charge in [-0.3, -0.25) is 9.10 Å². The summed E-state index contributed by atoms with van der Waals surface area (Å²) in [7, 11) is -2.72. The molecule has 8 heteroatoms. The molecule has 0 aliphatic carbocycles. The fourth-order valence-electron chi connectivity index (χ4n) is 2.55. The van der Waals surface area contributed by atoms with E-state index in [2.05, 4.69) is 10.5 Å². The molecule has 2 aromatic carbocycles. The molecule has 0 unspecified atom stereocenters. The monoisotopic (exact) mass is 371 g/mol. The summed E-state index contributed by atoms with van der Waals surface area (Å²) in [4.78, 5) is 12.4. The molecule has 0 spiro atoms. The van der Waals surface area contributed by atoms with Crippen molar-refractivity contribution in [1.29, 1.82) is 0 Å². The van der Waals surface area contributed by atoms with E-state index in [1.54, 1.807) is 12.1 Å². The molecule has 0 fully saturated rings. The zero-order valence-electron chi connectivity index (χ0n) is 14.2. The van der Waals surface area contributed by atoms with Gasteiger partial charge < -0.3 is 5.11 Å². The number of rotatable bonds is 3. The van der Waals surface area contributed by atoms with Gasteiger partial charge in [0.25, 0.3) is 15.9 Å². The summed E-state index contributed by atoms with van der Waals surface area (Å²) < 4.78 is 25.9. The maximum atomic E-state index is 12.6. The van der Waals surface area contributed by atoms with E-state index in [0.717, 1.165) is 15.4 Å². The Hall–Kier alpha value is -3.13. The number of sulfonamides is 1. The third-order valence-corrected chi connectivity index (χ3v) is 5.81. The van der Waals surface area contributed by atoms with Crippen molar-refractivity contribution in [2.24, 2.45) is 5.10 Å². The van der Waals surface area contributed by atoms with Crippen LogP contribution in [0, 0.1) is 6.92 Å². The van der Waals surface area contributed by atoms with Gasteiger partial charge in [0.15, 0.2) is 11.5 Å². The van der Waals surface area contributed by atoms with Crippen LogP contribution in [-0.4, -0.2) is 37.0 Å². The van der Waals surface area contributed by atoms with Gasteiger partial charge in [0, 0.05) is 12.6 Å². The molecule has 0 atom stereocenters. The smallest absolute Gasteiger partial charge is 0.292 e. The lowest BCUT2D eigenvalue weighted by atomic mass is 10.1. The Morgan fingerprint density at radius 3 is 2.50 bits per heavy atom. The minimum Gasteiger partial charge on any atom is -0.505 e. The van der Waals surface area contributed by atoms with E-state index in [1.165, 1.54) is 25.4 Å². The van der Waals surface area contributed by atoms with Gasteiger partial charge >= 0.3 is 0 Å². The Bertz CT molecular complexity index is 1020. The predicted octanol–water partition coefficient (Wildman–Crippen LogP) is 2.01. The van der Waals surface area contributed by atoms with Gasteiger partial charge in [-0.05, 0) is 24.6 Å². The Morgan fingerprint density at radius 1 is 1.15 bits per heavy atom. The highest BCUT2D eigenvalue weighted by atomic mass is 32.2. The van der Waals surface area contributed by atoms with Crippen molar-refractivity contribution in [3.63, 3.8) is 0 Å². The van der Waals surface area contributed by atoms with Crippen LogP contribution in [0.5, 0.6) is 0 Å². The lowest BCUT2D eigenvalue weighted by Crippen LogP contribution is -2.38. The fraction of sp³-hybridized carbons (Fsp3) is 0.111. The number of amides is 1. The second kappa shape index (κ2) is 6.64. The SMILES string of the molecule is Cc1ccc(/C=N/NC(=O)C2=C(O)c3ccccc3S(=O)(=O)N2C)cc1. The molecule has 7 nitrogen and oxygen atoms in total. The number of nitrogens with one attached hydrogen (secondary N) is 1. The molecule has 0 aromatic heterocycles. The first kappa shape index (κ1) is 17.7. The van der Waals surface area contributed by atoms with Gasteiger partial charge in [0.1, 0.15) is 0 Å². The van der Waals surface area contributed by atoms with E-state index in [0.29, 0.717) is 0 Å². The van der Waals surface area contributed by atoms with Crippen molar-refractivity contribution < 1.29 is 18.3 Å². The number of aryl methyl sites for hydroxylation is 1. The van der Waals surface area contributed by atoms with Gasteiger partial charge in [0.05, 0.1) is 11.1 Å². The molecule has 0 radical (unpaired) electrons. The van der Waals surface area contributed by atoms with Gasteiger partial charge in [-0.1, -0.05) is 42.0 Å². The second-order valence-electron chi connectivity index (χ2n) is 5.78. The molecule has 1 amide bonds. The molecule has 2 aromatic rings. The standard InChI is InChI=1S/C18H17N3O4S/c1-12-7-9-13(10-8-12)11-19-20-18(23)16-17(22)14-5-3-4-6-15(14)26(24,25)21(16)2/h3-11,22H,1-2H3,(H,20,23)/b19-11+. The Balaban J connectivity index is 1.90. The molecule has 0 saturated heterocycles. The fourth-order valence-corrected chi connectivity index (χ4v) is 3.95.